The van der Waals surface area contributed by atoms with E-state index in [0.29, 0.717) is 10.8 Å². The molecule has 3 saturated heterocycles. The molecule has 0 spiro atoms. The topological polar surface area (TPSA) is 9.72 Å². The zero-order valence-electron chi connectivity index (χ0n) is 22.0. The van der Waals surface area contributed by atoms with E-state index < -0.39 is 0 Å². The minimum absolute atomic E-state index is 0.505. The van der Waals surface area contributed by atoms with Crippen LogP contribution in [-0.2, 0) is 0 Å². The van der Waals surface area contributed by atoms with Crippen LogP contribution >= 0.6 is 0 Å². The second-order valence-corrected chi connectivity index (χ2v) is 13.5. The Morgan fingerprint density at radius 1 is 0.688 bits per heavy atom. The summed E-state index contributed by atoms with van der Waals surface area (Å²) in [6.45, 7) is 16.1. The molecule has 4 atom stereocenters. The predicted octanol–water partition coefficient (Wildman–Crippen LogP) is 5.89. The van der Waals surface area contributed by atoms with Gasteiger partial charge >= 0.3 is 0 Å². The number of nitrogens with zero attached hydrogens (tertiary/aromatic N) is 3. The summed E-state index contributed by atoms with van der Waals surface area (Å²) in [4.78, 5) is 8.51. The number of fused-ring (bicyclic) bond motifs is 2. The Morgan fingerprint density at radius 2 is 1.28 bits per heavy atom. The molecule has 0 aromatic heterocycles. The van der Waals surface area contributed by atoms with Crippen molar-refractivity contribution in [1.82, 2.24) is 14.7 Å². The minimum atomic E-state index is 0.505. The highest BCUT2D eigenvalue weighted by atomic mass is 15.3. The summed E-state index contributed by atoms with van der Waals surface area (Å²) in [6.07, 6.45) is 17.6. The lowest BCUT2D eigenvalue weighted by Gasteiger charge is -2.51. The fourth-order valence-corrected chi connectivity index (χ4v) is 9.14. The van der Waals surface area contributed by atoms with Gasteiger partial charge in [0.25, 0.3) is 0 Å². The highest BCUT2D eigenvalue weighted by molar-refractivity contribution is 5.20. The first kappa shape index (κ1) is 23.6. The van der Waals surface area contributed by atoms with E-state index in [1.807, 2.05) is 0 Å². The van der Waals surface area contributed by atoms with Crippen LogP contribution in [0, 0.1) is 28.6 Å². The van der Waals surface area contributed by atoms with E-state index in [4.69, 9.17) is 0 Å². The van der Waals surface area contributed by atoms with E-state index in [-0.39, 0.29) is 0 Å². The average Bonchev–Trinajstić information content (AvgIpc) is 3.14. The first-order valence-corrected chi connectivity index (χ1v) is 14.6. The molecule has 32 heavy (non-hydrogen) atoms. The van der Waals surface area contributed by atoms with Crippen LogP contribution in [0.2, 0.25) is 0 Å². The zero-order chi connectivity index (χ0) is 22.3. The van der Waals surface area contributed by atoms with Crippen molar-refractivity contribution < 1.29 is 0 Å². The van der Waals surface area contributed by atoms with E-state index >= 15 is 0 Å². The number of hydrogen-bond donors (Lipinski definition) is 0. The maximum Gasteiger partial charge on any atom is 0.0313 e. The highest BCUT2D eigenvalue weighted by Gasteiger charge is 2.68. The largest absolute Gasteiger partial charge is 0.306 e. The van der Waals surface area contributed by atoms with E-state index in [0.717, 1.165) is 29.8 Å². The molecular weight excluding hydrogens is 390 g/mol. The maximum absolute atomic E-state index is 3.02. The van der Waals surface area contributed by atoms with Gasteiger partial charge < -0.3 is 4.90 Å². The minimum Gasteiger partial charge on any atom is -0.306 e. The van der Waals surface area contributed by atoms with Gasteiger partial charge in [0.15, 0.2) is 0 Å². The van der Waals surface area contributed by atoms with Crippen LogP contribution < -0.4 is 0 Å². The Labute approximate surface area is 199 Å². The van der Waals surface area contributed by atoms with E-state index in [2.05, 4.69) is 42.5 Å². The molecule has 184 valence electrons. The summed E-state index contributed by atoms with van der Waals surface area (Å²) in [5.41, 5.74) is 1.02. The highest BCUT2D eigenvalue weighted by Crippen LogP contribution is 2.67. The molecule has 3 heteroatoms. The third kappa shape index (κ3) is 4.22. The van der Waals surface area contributed by atoms with Crippen LogP contribution in [0.5, 0.6) is 0 Å². The lowest BCUT2D eigenvalue weighted by atomic mass is 9.68. The molecule has 0 amide bonds. The first-order chi connectivity index (χ1) is 15.4. The quantitative estimate of drug-likeness (QED) is 0.507. The van der Waals surface area contributed by atoms with E-state index in [1.165, 1.54) is 116 Å². The summed E-state index contributed by atoms with van der Waals surface area (Å²) in [5, 5.41) is 0. The van der Waals surface area contributed by atoms with Crippen LogP contribution in [0.1, 0.15) is 97.8 Å². The third-order valence-corrected chi connectivity index (χ3v) is 11.7. The zero-order valence-corrected chi connectivity index (χ0v) is 22.0. The van der Waals surface area contributed by atoms with Gasteiger partial charge in [0.05, 0.1) is 0 Å². The van der Waals surface area contributed by atoms with Gasteiger partial charge in [-0.2, -0.15) is 0 Å². The Balaban J connectivity index is 1.17. The molecule has 5 fully saturated rings. The molecule has 5 aliphatic rings. The Hall–Kier alpha value is -0.120. The van der Waals surface area contributed by atoms with Gasteiger partial charge in [0.1, 0.15) is 0 Å². The summed E-state index contributed by atoms with van der Waals surface area (Å²) < 4.78 is 0. The molecule has 0 aromatic rings. The van der Waals surface area contributed by atoms with Crippen molar-refractivity contribution in [3.63, 3.8) is 0 Å². The van der Waals surface area contributed by atoms with Gasteiger partial charge in [-0.15, -0.1) is 0 Å². The number of likely N-dealkylation sites (tertiary alicyclic amines) is 3. The van der Waals surface area contributed by atoms with E-state index in [1.54, 1.807) is 0 Å². The molecule has 2 saturated carbocycles. The number of piperidine rings is 3. The Kier molecular flexibility index (Phi) is 7.01. The summed E-state index contributed by atoms with van der Waals surface area (Å²) in [7, 11) is 2.29. The first-order valence-electron chi connectivity index (χ1n) is 14.6. The van der Waals surface area contributed by atoms with Crippen molar-refractivity contribution >= 4 is 0 Å². The number of hydrogen-bond acceptors (Lipinski definition) is 3. The van der Waals surface area contributed by atoms with Crippen molar-refractivity contribution in [2.24, 2.45) is 28.6 Å². The summed E-state index contributed by atoms with van der Waals surface area (Å²) >= 11 is 0. The summed E-state index contributed by atoms with van der Waals surface area (Å²) in [5.74, 6) is 2.95. The van der Waals surface area contributed by atoms with Crippen LogP contribution in [0.3, 0.4) is 0 Å². The molecule has 5 rings (SSSR count). The van der Waals surface area contributed by atoms with Crippen LogP contribution in [-0.4, -0.2) is 73.1 Å². The van der Waals surface area contributed by atoms with Gasteiger partial charge in [-0.1, -0.05) is 46.5 Å². The van der Waals surface area contributed by atoms with Gasteiger partial charge in [-0.25, -0.2) is 0 Å². The molecule has 0 radical (unpaired) electrons. The van der Waals surface area contributed by atoms with Crippen molar-refractivity contribution in [3.8, 4) is 0 Å². The average molecular weight is 444 g/mol. The van der Waals surface area contributed by atoms with Gasteiger partial charge in [0, 0.05) is 12.1 Å². The lowest BCUT2D eigenvalue weighted by Crippen LogP contribution is -2.59. The molecule has 2 aliphatic carbocycles. The number of rotatable bonds is 6. The Bertz CT molecular complexity index is 610. The monoisotopic (exact) mass is 443 g/mol. The molecule has 2 bridgehead atoms. The Morgan fingerprint density at radius 3 is 1.91 bits per heavy atom. The SMILES string of the molecule is CN1CCC(CCCC2CCN(C3C(N4CCCCC4)[C@@H]4CC[C@@]3(C)C4(C)C)CC2)CC1. The molecule has 0 N–H and O–H groups in total. The third-order valence-electron chi connectivity index (χ3n) is 11.7. The van der Waals surface area contributed by atoms with Crippen LogP contribution in [0.4, 0.5) is 0 Å². The fraction of sp³-hybridized carbons (Fsp3) is 1.00. The molecule has 0 aromatic carbocycles. The standard InChI is InChI=1S/C29H53N3/c1-28(2)25-11-16-29(28,3)27(26(25)31-17-6-5-7-18-31)32-21-14-24(15-22-32)10-8-9-23-12-19-30(4)20-13-23/h23-27H,5-22H2,1-4H3/t25-,26?,27?,29+/m0/s1. The molecule has 2 unspecified atom stereocenters. The second-order valence-electron chi connectivity index (χ2n) is 13.5. The molecule has 3 aliphatic heterocycles. The van der Waals surface area contributed by atoms with Gasteiger partial charge in [-0.05, 0) is 126 Å². The van der Waals surface area contributed by atoms with Gasteiger partial charge in [0.2, 0.25) is 0 Å². The fourth-order valence-electron chi connectivity index (χ4n) is 9.14. The maximum atomic E-state index is 3.02. The van der Waals surface area contributed by atoms with Crippen LogP contribution in [0.15, 0.2) is 0 Å². The molecule has 3 heterocycles. The van der Waals surface area contributed by atoms with Gasteiger partial charge in [-0.3, -0.25) is 9.80 Å². The van der Waals surface area contributed by atoms with Crippen molar-refractivity contribution in [2.75, 3.05) is 46.3 Å². The van der Waals surface area contributed by atoms with E-state index in [9.17, 15) is 0 Å². The smallest absolute Gasteiger partial charge is 0.0313 e. The summed E-state index contributed by atoms with van der Waals surface area (Å²) in [6, 6.07) is 1.65. The van der Waals surface area contributed by atoms with Crippen molar-refractivity contribution in [2.45, 2.75) is 110 Å². The van der Waals surface area contributed by atoms with Crippen molar-refractivity contribution in [3.05, 3.63) is 0 Å². The molecule has 3 nitrogen and oxygen atoms in total. The predicted molar refractivity (Wildman–Crippen MR) is 136 cm³/mol. The van der Waals surface area contributed by atoms with Crippen LogP contribution in [0.25, 0.3) is 0 Å². The second kappa shape index (κ2) is 9.50. The normalized spacial score (nSPS) is 40.3. The molecular formula is C29H53N3. The lowest BCUT2D eigenvalue weighted by molar-refractivity contribution is -0.0185. The van der Waals surface area contributed by atoms with Crippen molar-refractivity contribution in [1.29, 1.82) is 0 Å².